The second-order valence-corrected chi connectivity index (χ2v) is 6.69. The van der Waals surface area contributed by atoms with Gasteiger partial charge >= 0.3 is 0 Å². The fourth-order valence-electron chi connectivity index (χ4n) is 2.23. The van der Waals surface area contributed by atoms with Gasteiger partial charge in [-0.1, -0.05) is 11.6 Å². The Morgan fingerprint density at radius 3 is 2.52 bits per heavy atom. The number of methoxy groups -OCH3 is 1. The minimum atomic E-state index is -0.368. The minimum Gasteiger partial charge on any atom is -0.496 e. The molecule has 0 saturated heterocycles. The maximum absolute atomic E-state index is 12.4. The molecule has 0 unspecified atom stereocenters. The summed E-state index contributed by atoms with van der Waals surface area (Å²) < 4.78 is 11.0. The molecule has 1 aromatic carbocycles. The van der Waals surface area contributed by atoms with Crippen LogP contribution in [0.5, 0.6) is 5.75 Å². The molecule has 1 aromatic heterocycles. The Hall–Kier alpha value is -1.99. The average molecular weight is 430 g/mol. The highest BCUT2D eigenvalue weighted by Gasteiger charge is 2.20. The van der Waals surface area contributed by atoms with E-state index in [2.05, 4.69) is 15.9 Å². The lowest BCUT2D eigenvalue weighted by Gasteiger charge is -2.22. The summed E-state index contributed by atoms with van der Waals surface area (Å²) in [6.07, 6.45) is 0. The molecule has 0 aliphatic carbocycles. The van der Waals surface area contributed by atoms with Crippen molar-refractivity contribution < 1.29 is 18.7 Å². The summed E-state index contributed by atoms with van der Waals surface area (Å²) >= 11 is 9.15. The predicted octanol–water partition coefficient (Wildman–Crippen LogP) is 3.43. The number of hydrogen-bond donors (Lipinski definition) is 0. The number of rotatable bonds is 6. The Kier molecular flexibility index (Phi) is 6.50. The van der Waals surface area contributed by atoms with Crippen molar-refractivity contribution in [1.82, 2.24) is 9.80 Å². The molecule has 6 nitrogen and oxygen atoms in total. The number of furan rings is 1. The quantitative estimate of drug-likeness (QED) is 0.706. The summed E-state index contributed by atoms with van der Waals surface area (Å²) in [4.78, 5) is 27.4. The molecule has 0 aliphatic rings. The molecule has 2 rings (SSSR count). The fraction of sp³-hybridized carbons (Fsp3) is 0.294. The first-order valence-corrected chi connectivity index (χ1v) is 8.56. The van der Waals surface area contributed by atoms with Crippen molar-refractivity contribution in [1.29, 1.82) is 0 Å². The summed E-state index contributed by atoms with van der Waals surface area (Å²) in [6.45, 7) is 0.243. The maximum Gasteiger partial charge on any atom is 0.289 e. The second kappa shape index (κ2) is 8.40. The van der Waals surface area contributed by atoms with Crippen molar-refractivity contribution in [2.45, 2.75) is 6.54 Å². The summed E-state index contributed by atoms with van der Waals surface area (Å²) in [5.41, 5.74) is 0.787. The third-order valence-electron chi connectivity index (χ3n) is 3.58. The molecule has 134 valence electrons. The molecule has 0 radical (unpaired) electrons. The standard InChI is InChI=1S/C17H18BrClN2O4/c1-20(9-11-8-12(19)4-5-13(11)24-3)16(22)10-21(2)17(23)14-6-7-15(18)25-14/h4-8H,9-10H2,1-3H3. The maximum atomic E-state index is 12.4. The molecule has 2 aromatic rings. The minimum absolute atomic E-state index is 0.0729. The van der Waals surface area contributed by atoms with Crippen LogP contribution in [0.4, 0.5) is 0 Å². The highest BCUT2D eigenvalue weighted by atomic mass is 79.9. The van der Waals surface area contributed by atoms with Crippen molar-refractivity contribution in [3.05, 3.63) is 51.3 Å². The zero-order valence-electron chi connectivity index (χ0n) is 14.1. The van der Waals surface area contributed by atoms with Crippen LogP contribution in [-0.4, -0.2) is 49.4 Å². The van der Waals surface area contributed by atoms with Crippen LogP contribution >= 0.6 is 27.5 Å². The molecule has 0 atom stereocenters. The first kappa shape index (κ1) is 19.3. The van der Waals surface area contributed by atoms with Crippen molar-refractivity contribution in [3.8, 4) is 5.75 Å². The second-order valence-electron chi connectivity index (χ2n) is 5.47. The van der Waals surface area contributed by atoms with E-state index >= 15 is 0 Å². The van der Waals surface area contributed by atoms with Crippen molar-refractivity contribution in [2.75, 3.05) is 27.7 Å². The highest BCUT2D eigenvalue weighted by Crippen LogP contribution is 2.23. The number of carbonyl (C=O) groups is 2. The number of benzene rings is 1. The van der Waals surface area contributed by atoms with Crippen molar-refractivity contribution in [3.63, 3.8) is 0 Å². The number of nitrogens with zero attached hydrogens (tertiary/aromatic N) is 2. The first-order valence-electron chi connectivity index (χ1n) is 7.39. The molecular weight excluding hydrogens is 412 g/mol. The van der Waals surface area contributed by atoms with Gasteiger partial charge in [-0.25, -0.2) is 0 Å². The van der Waals surface area contributed by atoms with E-state index in [0.29, 0.717) is 22.0 Å². The van der Waals surface area contributed by atoms with Gasteiger partial charge in [0.05, 0.1) is 13.7 Å². The van der Waals surface area contributed by atoms with Crippen LogP contribution in [0.2, 0.25) is 5.02 Å². The van der Waals surface area contributed by atoms with Gasteiger partial charge in [0.2, 0.25) is 5.91 Å². The van der Waals surface area contributed by atoms with Gasteiger partial charge < -0.3 is 19.0 Å². The van der Waals surface area contributed by atoms with Crippen LogP contribution in [0.15, 0.2) is 39.4 Å². The number of amides is 2. The van der Waals surface area contributed by atoms with Crippen LogP contribution < -0.4 is 4.74 Å². The van der Waals surface area contributed by atoms with Gasteiger partial charge in [-0.3, -0.25) is 9.59 Å². The summed E-state index contributed by atoms with van der Waals surface area (Å²) in [6, 6.07) is 8.40. The topological polar surface area (TPSA) is 63.0 Å². The number of carbonyl (C=O) groups excluding carboxylic acids is 2. The number of likely N-dealkylation sites (N-methyl/N-ethyl adjacent to an activating group) is 2. The van der Waals surface area contributed by atoms with Crippen molar-refractivity contribution >= 4 is 39.3 Å². The number of halogens is 2. The zero-order chi connectivity index (χ0) is 18.6. The Morgan fingerprint density at radius 2 is 1.92 bits per heavy atom. The monoisotopic (exact) mass is 428 g/mol. The zero-order valence-corrected chi connectivity index (χ0v) is 16.4. The van der Waals surface area contributed by atoms with E-state index in [1.54, 1.807) is 51.5 Å². The van der Waals surface area contributed by atoms with E-state index in [0.717, 1.165) is 5.56 Å². The summed E-state index contributed by atoms with van der Waals surface area (Å²) in [7, 11) is 4.76. The largest absolute Gasteiger partial charge is 0.496 e. The van der Waals surface area contributed by atoms with Gasteiger partial charge in [0.1, 0.15) is 5.75 Å². The number of hydrogen-bond acceptors (Lipinski definition) is 4. The Labute approximate surface area is 159 Å². The molecule has 0 N–H and O–H groups in total. The van der Waals surface area contributed by atoms with E-state index in [4.69, 9.17) is 20.8 Å². The molecular formula is C17H18BrClN2O4. The Balaban J connectivity index is 2.00. The number of ether oxygens (including phenoxy) is 1. The van der Waals surface area contributed by atoms with Gasteiger partial charge in [0.25, 0.3) is 5.91 Å². The molecule has 8 heteroatoms. The van der Waals surface area contributed by atoms with Gasteiger partial charge in [0.15, 0.2) is 10.4 Å². The Morgan fingerprint density at radius 1 is 1.20 bits per heavy atom. The molecule has 0 fully saturated rings. The molecule has 25 heavy (non-hydrogen) atoms. The normalized spacial score (nSPS) is 10.4. The van der Waals surface area contributed by atoms with E-state index in [1.807, 2.05) is 0 Å². The third-order valence-corrected chi connectivity index (χ3v) is 4.24. The summed E-state index contributed by atoms with van der Waals surface area (Å²) in [5, 5.41) is 0.562. The molecule has 2 amide bonds. The lowest BCUT2D eigenvalue weighted by molar-refractivity contribution is -0.130. The lowest BCUT2D eigenvalue weighted by atomic mass is 10.2. The predicted molar refractivity (Wildman–Crippen MR) is 97.8 cm³/mol. The average Bonchev–Trinajstić information content (AvgIpc) is 3.00. The van der Waals surface area contributed by atoms with E-state index in [-0.39, 0.29) is 24.1 Å². The SMILES string of the molecule is COc1ccc(Cl)cc1CN(C)C(=O)CN(C)C(=O)c1ccc(Br)o1. The smallest absolute Gasteiger partial charge is 0.289 e. The first-order chi connectivity index (χ1) is 11.8. The highest BCUT2D eigenvalue weighted by molar-refractivity contribution is 9.10. The molecule has 1 heterocycles. The molecule has 0 saturated carbocycles. The lowest BCUT2D eigenvalue weighted by Crippen LogP contribution is -2.39. The van der Waals surface area contributed by atoms with Crippen LogP contribution in [0.25, 0.3) is 0 Å². The van der Waals surface area contributed by atoms with Crippen LogP contribution in [0.3, 0.4) is 0 Å². The van der Waals surface area contributed by atoms with Gasteiger partial charge in [-0.15, -0.1) is 0 Å². The molecule has 0 spiro atoms. The van der Waals surface area contributed by atoms with E-state index < -0.39 is 0 Å². The van der Waals surface area contributed by atoms with Crippen LogP contribution in [0, 0.1) is 0 Å². The van der Waals surface area contributed by atoms with E-state index in [9.17, 15) is 9.59 Å². The van der Waals surface area contributed by atoms with Gasteiger partial charge in [-0.2, -0.15) is 0 Å². The third kappa shape index (κ3) is 4.99. The van der Waals surface area contributed by atoms with Gasteiger partial charge in [-0.05, 0) is 46.3 Å². The summed E-state index contributed by atoms with van der Waals surface area (Å²) in [5.74, 6) is 0.228. The molecule has 0 bridgehead atoms. The van der Waals surface area contributed by atoms with Crippen LogP contribution in [-0.2, 0) is 11.3 Å². The fourth-order valence-corrected chi connectivity index (χ4v) is 2.73. The Bertz CT molecular complexity index is 778. The van der Waals surface area contributed by atoms with E-state index in [1.165, 1.54) is 9.80 Å². The van der Waals surface area contributed by atoms with Crippen molar-refractivity contribution in [2.24, 2.45) is 0 Å². The molecule has 0 aliphatic heterocycles. The van der Waals surface area contributed by atoms with Crippen LogP contribution in [0.1, 0.15) is 16.1 Å². The van der Waals surface area contributed by atoms with Gasteiger partial charge in [0, 0.05) is 31.2 Å².